The molecule has 0 bridgehead atoms. The van der Waals surface area contributed by atoms with Gasteiger partial charge in [0.15, 0.2) is 5.82 Å². The van der Waals surface area contributed by atoms with Gasteiger partial charge in [0.05, 0.1) is 12.7 Å². The van der Waals surface area contributed by atoms with Crippen LogP contribution in [0.4, 0.5) is 4.79 Å². The highest BCUT2D eigenvalue weighted by atomic mass is 16.5. The summed E-state index contributed by atoms with van der Waals surface area (Å²) in [4.78, 5) is 18.3. The molecule has 25 heavy (non-hydrogen) atoms. The van der Waals surface area contributed by atoms with E-state index in [1.54, 1.807) is 6.92 Å². The second-order valence-corrected chi connectivity index (χ2v) is 6.20. The van der Waals surface area contributed by atoms with Gasteiger partial charge in [-0.05, 0) is 18.9 Å². The third-order valence-corrected chi connectivity index (χ3v) is 4.15. The molecule has 1 fully saturated rings. The minimum Gasteiger partial charge on any atom is -0.374 e. The highest BCUT2D eigenvalue weighted by molar-refractivity contribution is 5.74. The van der Waals surface area contributed by atoms with Crippen LogP contribution in [0, 0.1) is 6.92 Å². The van der Waals surface area contributed by atoms with E-state index in [2.05, 4.69) is 27.6 Å². The van der Waals surface area contributed by atoms with Crippen LogP contribution in [0.5, 0.6) is 0 Å². The summed E-state index contributed by atoms with van der Waals surface area (Å²) in [5.41, 5.74) is 1.23. The number of nitrogens with one attached hydrogen (secondary N) is 1. The Morgan fingerprint density at radius 3 is 2.96 bits per heavy atom. The Kier molecular flexibility index (Phi) is 6.00. The van der Waals surface area contributed by atoms with E-state index in [1.165, 1.54) is 5.56 Å². The molecule has 1 aromatic carbocycles. The second kappa shape index (κ2) is 8.62. The summed E-state index contributed by atoms with van der Waals surface area (Å²) in [5, 5.41) is 6.71. The number of hydrogen-bond acceptors (Lipinski definition) is 5. The number of aryl methyl sites for hydroxylation is 2. The van der Waals surface area contributed by atoms with E-state index in [0.29, 0.717) is 44.4 Å². The first-order chi connectivity index (χ1) is 12.2. The molecule has 0 unspecified atom stereocenters. The van der Waals surface area contributed by atoms with Gasteiger partial charge >= 0.3 is 6.03 Å². The van der Waals surface area contributed by atoms with Crippen molar-refractivity contribution >= 4 is 6.03 Å². The maximum Gasteiger partial charge on any atom is 0.317 e. The summed E-state index contributed by atoms with van der Waals surface area (Å²) in [6.45, 7) is 4.19. The van der Waals surface area contributed by atoms with Gasteiger partial charge in [-0.25, -0.2) is 4.79 Å². The molecule has 7 heteroatoms. The summed E-state index contributed by atoms with van der Waals surface area (Å²) in [6.07, 6.45) is 2.30. The standard InChI is InChI=1S/C18H24N4O3/c1-14-20-17(25-21-14)8-5-9-19-18(23)22-10-11-24-16(13-22)12-15-6-3-2-4-7-15/h2-4,6-7,16H,5,8-13H2,1H3,(H,19,23)/t16-/m0/s1. The van der Waals surface area contributed by atoms with Gasteiger partial charge in [0, 0.05) is 32.5 Å². The molecule has 1 aromatic heterocycles. The highest BCUT2D eigenvalue weighted by Gasteiger charge is 2.24. The Hall–Kier alpha value is -2.41. The number of benzene rings is 1. The quantitative estimate of drug-likeness (QED) is 0.810. The van der Waals surface area contributed by atoms with Gasteiger partial charge in [0.25, 0.3) is 0 Å². The molecule has 1 atom stereocenters. The predicted molar refractivity (Wildman–Crippen MR) is 92.2 cm³/mol. The third kappa shape index (κ3) is 5.29. The van der Waals surface area contributed by atoms with Gasteiger partial charge in [0.1, 0.15) is 0 Å². The number of ether oxygens (including phenoxy) is 1. The third-order valence-electron chi connectivity index (χ3n) is 4.15. The van der Waals surface area contributed by atoms with Gasteiger partial charge in [-0.15, -0.1) is 0 Å². The number of carbonyl (C=O) groups is 1. The summed E-state index contributed by atoms with van der Waals surface area (Å²) < 4.78 is 10.9. The van der Waals surface area contributed by atoms with Crippen molar-refractivity contribution in [3.05, 3.63) is 47.6 Å². The van der Waals surface area contributed by atoms with Gasteiger partial charge in [0.2, 0.25) is 5.89 Å². The maximum atomic E-state index is 12.3. The molecule has 3 rings (SSSR count). The molecule has 2 heterocycles. The van der Waals surface area contributed by atoms with Crippen LogP contribution in [-0.4, -0.2) is 53.4 Å². The number of amides is 2. The number of hydrogen-bond donors (Lipinski definition) is 1. The van der Waals surface area contributed by atoms with Gasteiger partial charge in [-0.2, -0.15) is 4.98 Å². The van der Waals surface area contributed by atoms with E-state index >= 15 is 0 Å². The first-order valence-electron chi connectivity index (χ1n) is 8.68. The zero-order valence-corrected chi connectivity index (χ0v) is 14.5. The Bertz CT molecular complexity index is 674. The molecule has 2 aromatic rings. The van der Waals surface area contributed by atoms with Crippen LogP contribution in [0.3, 0.4) is 0 Å². The van der Waals surface area contributed by atoms with Crippen LogP contribution >= 0.6 is 0 Å². The van der Waals surface area contributed by atoms with Gasteiger partial charge in [-0.1, -0.05) is 35.5 Å². The highest BCUT2D eigenvalue weighted by Crippen LogP contribution is 2.12. The molecule has 1 saturated heterocycles. The molecular weight excluding hydrogens is 320 g/mol. The molecule has 1 aliphatic rings. The summed E-state index contributed by atoms with van der Waals surface area (Å²) in [6, 6.07) is 10.2. The summed E-state index contributed by atoms with van der Waals surface area (Å²) in [5.74, 6) is 1.25. The topological polar surface area (TPSA) is 80.5 Å². The Morgan fingerprint density at radius 1 is 1.36 bits per heavy atom. The minimum absolute atomic E-state index is 0.0388. The van der Waals surface area contributed by atoms with Crippen LogP contribution in [0.1, 0.15) is 23.7 Å². The fourth-order valence-corrected chi connectivity index (χ4v) is 2.89. The van der Waals surface area contributed by atoms with Crippen molar-refractivity contribution in [2.75, 3.05) is 26.2 Å². The largest absolute Gasteiger partial charge is 0.374 e. The fraction of sp³-hybridized carbons (Fsp3) is 0.500. The molecule has 0 aliphatic carbocycles. The second-order valence-electron chi connectivity index (χ2n) is 6.20. The Balaban J connectivity index is 1.39. The number of rotatable bonds is 6. The first kappa shape index (κ1) is 17.4. The zero-order valence-electron chi connectivity index (χ0n) is 14.5. The number of aromatic nitrogens is 2. The van der Waals surface area contributed by atoms with E-state index in [4.69, 9.17) is 9.26 Å². The lowest BCUT2D eigenvalue weighted by Crippen LogP contribution is -2.50. The number of nitrogens with zero attached hydrogens (tertiary/aromatic N) is 3. The van der Waals surface area contributed by atoms with E-state index in [1.807, 2.05) is 23.1 Å². The normalized spacial score (nSPS) is 17.5. The smallest absolute Gasteiger partial charge is 0.317 e. The lowest BCUT2D eigenvalue weighted by molar-refractivity contribution is -0.0132. The van der Waals surface area contributed by atoms with Crippen LogP contribution in [0.25, 0.3) is 0 Å². The number of urea groups is 1. The average Bonchev–Trinajstić information content (AvgIpc) is 3.05. The zero-order chi connectivity index (χ0) is 17.5. The monoisotopic (exact) mass is 344 g/mol. The van der Waals surface area contributed by atoms with E-state index < -0.39 is 0 Å². The van der Waals surface area contributed by atoms with Crippen molar-refractivity contribution < 1.29 is 14.1 Å². The number of carbonyl (C=O) groups excluding carboxylic acids is 1. The van der Waals surface area contributed by atoms with Crippen molar-refractivity contribution in [1.29, 1.82) is 0 Å². The molecule has 0 saturated carbocycles. The van der Waals surface area contributed by atoms with Crippen LogP contribution in [0.15, 0.2) is 34.9 Å². The van der Waals surface area contributed by atoms with Crippen molar-refractivity contribution in [2.45, 2.75) is 32.3 Å². The molecule has 0 radical (unpaired) electrons. The Labute approximate surface area is 147 Å². The van der Waals surface area contributed by atoms with E-state index in [-0.39, 0.29) is 12.1 Å². The molecule has 2 amide bonds. The van der Waals surface area contributed by atoms with Gasteiger partial charge < -0.3 is 19.5 Å². The van der Waals surface area contributed by atoms with Crippen molar-refractivity contribution in [3.63, 3.8) is 0 Å². The van der Waals surface area contributed by atoms with Crippen LogP contribution in [0.2, 0.25) is 0 Å². The molecule has 7 nitrogen and oxygen atoms in total. The average molecular weight is 344 g/mol. The molecule has 0 spiro atoms. The van der Waals surface area contributed by atoms with Crippen molar-refractivity contribution in [3.8, 4) is 0 Å². The lowest BCUT2D eigenvalue weighted by Gasteiger charge is -2.33. The molecule has 1 N–H and O–H groups in total. The molecular formula is C18H24N4O3. The van der Waals surface area contributed by atoms with Crippen molar-refractivity contribution in [1.82, 2.24) is 20.4 Å². The number of morpholine rings is 1. The van der Waals surface area contributed by atoms with Crippen LogP contribution < -0.4 is 5.32 Å². The fourth-order valence-electron chi connectivity index (χ4n) is 2.89. The van der Waals surface area contributed by atoms with E-state index in [0.717, 1.165) is 12.8 Å². The Morgan fingerprint density at radius 2 is 2.20 bits per heavy atom. The SMILES string of the molecule is Cc1noc(CCCNC(=O)N2CCO[C@@H](Cc3ccccc3)C2)n1. The van der Waals surface area contributed by atoms with Crippen molar-refractivity contribution in [2.24, 2.45) is 0 Å². The predicted octanol–water partition coefficient (Wildman–Crippen LogP) is 1.96. The van der Waals surface area contributed by atoms with Crippen LogP contribution in [-0.2, 0) is 17.6 Å². The first-order valence-corrected chi connectivity index (χ1v) is 8.68. The molecule has 134 valence electrons. The maximum absolute atomic E-state index is 12.3. The summed E-state index contributed by atoms with van der Waals surface area (Å²) in [7, 11) is 0. The molecule has 1 aliphatic heterocycles. The summed E-state index contributed by atoms with van der Waals surface area (Å²) >= 11 is 0. The van der Waals surface area contributed by atoms with Gasteiger partial charge in [-0.3, -0.25) is 0 Å². The minimum atomic E-state index is -0.0388. The van der Waals surface area contributed by atoms with E-state index in [9.17, 15) is 4.79 Å². The lowest BCUT2D eigenvalue weighted by atomic mass is 10.1.